The van der Waals surface area contributed by atoms with Gasteiger partial charge >= 0.3 is 0 Å². The highest BCUT2D eigenvalue weighted by Gasteiger charge is 2.25. The van der Waals surface area contributed by atoms with Gasteiger partial charge in [-0.25, -0.2) is 0 Å². The van der Waals surface area contributed by atoms with Crippen molar-refractivity contribution in [3.8, 4) is 0 Å². The number of rotatable bonds is 3. The van der Waals surface area contributed by atoms with E-state index in [4.69, 9.17) is 0 Å². The van der Waals surface area contributed by atoms with Gasteiger partial charge < -0.3 is 10.6 Å². The highest BCUT2D eigenvalue weighted by molar-refractivity contribution is 5.84. The number of carbonyl (C=O) groups is 1. The number of amides is 1. The number of carbonyl (C=O) groups excluding carboxylic acids is 1. The fraction of sp³-hybridized carbons (Fsp3) is 0.294. The third-order valence-electron chi connectivity index (χ3n) is 3.80. The predicted molar refractivity (Wildman–Crippen MR) is 81.7 cm³/mol. The van der Waals surface area contributed by atoms with E-state index < -0.39 is 0 Å². The molecular weight excluding hydrogens is 262 g/mol. The molecule has 2 aromatic rings. The molecule has 21 heavy (non-hydrogen) atoms. The second kappa shape index (κ2) is 6.06. The van der Waals surface area contributed by atoms with Gasteiger partial charge in [-0.15, -0.1) is 0 Å². The van der Waals surface area contributed by atoms with Crippen molar-refractivity contribution in [2.45, 2.75) is 25.9 Å². The van der Waals surface area contributed by atoms with Crippen molar-refractivity contribution in [2.75, 3.05) is 6.54 Å². The van der Waals surface area contributed by atoms with Crippen LogP contribution in [-0.4, -0.2) is 17.4 Å². The number of pyridine rings is 1. The van der Waals surface area contributed by atoms with E-state index in [1.54, 1.807) is 0 Å². The molecule has 1 atom stereocenters. The summed E-state index contributed by atoms with van der Waals surface area (Å²) in [7, 11) is 0. The van der Waals surface area contributed by atoms with Crippen molar-refractivity contribution >= 4 is 5.91 Å². The molecule has 4 heteroatoms. The van der Waals surface area contributed by atoms with Crippen LogP contribution in [0.1, 0.15) is 28.4 Å². The van der Waals surface area contributed by atoms with Crippen molar-refractivity contribution in [1.29, 1.82) is 0 Å². The standard InChI is InChI=1S/C17H19N3O/c1-12-5-4-7-14(20-12)10-19-17(21)16-11-18-9-13-6-2-3-8-15(13)16/h2-8,16,18H,9-11H2,1H3,(H,19,21). The molecule has 1 aliphatic rings. The molecule has 0 fully saturated rings. The van der Waals surface area contributed by atoms with Crippen LogP contribution in [-0.2, 0) is 17.9 Å². The average molecular weight is 281 g/mol. The Labute approximate surface area is 124 Å². The first-order chi connectivity index (χ1) is 10.2. The minimum absolute atomic E-state index is 0.0537. The summed E-state index contributed by atoms with van der Waals surface area (Å²) in [6.45, 7) is 3.94. The molecule has 1 unspecified atom stereocenters. The zero-order valence-corrected chi connectivity index (χ0v) is 12.1. The van der Waals surface area contributed by atoms with Gasteiger partial charge in [0.1, 0.15) is 0 Å². The number of benzene rings is 1. The van der Waals surface area contributed by atoms with Crippen LogP contribution in [0.15, 0.2) is 42.5 Å². The van der Waals surface area contributed by atoms with Crippen LogP contribution in [0.3, 0.4) is 0 Å². The van der Waals surface area contributed by atoms with E-state index in [0.717, 1.165) is 23.5 Å². The number of hydrogen-bond donors (Lipinski definition) is 2. The molecule has 0 saturated heterocycles. The Morgan fingerprint density at radius 2 is 2.14 bits per heavy atom. The molecule has 2 N–H and O–H groups in total. The number of fused-ring (bicyclic) bond motifs is 1. The smallest absolute Gasteiger partial charge is 0.229 e. The quantitative estimate of drug-likeness (QED) is 0.903. The second-order valence-corrected chi connectivity index (χ2v) is 5.37. The number of nitrogens with one attached hydrogen (secondary N) is 2. The van der Waals surface area contributed by atoms with Crippen molar-refractivity contribution in [3.63, 3.8) is 0 Å². The first-order valence-electron chi connectivity index (χ1n) is 7.23. The first kappa shape index (κ1) is 13.8. The number of aryl methyl sites for hydroxylation is 1. The molecule has 2 heterocycles. The maximum atomic E-state index is 12.4. The fourth-order valence-corrected chi connectivity index (χ4v) is 2.73. The first-order valence-corrected chi connectivity index (χ1v) is 7.23. The fourth-order valence-electron chi connectivity index (χ4n) is 2.73. The van der Waals surface area contributed by atoms with Crippen LogP contribution >= 0.6 is 0 Å². The Hall–Kier alpha value is -2.20. The largest absolute Gasteiger partial charge is 0.350 e. The topological polar surface area (TPSA) is 54.0 Å². The predicted octanol–water partition coefficient (Wildman–Crippen LogP) is 1.89. The van der Waals surface area contributed by atoms with E-state index in [1.807, 2.05) is 43.3 Å². The van der Waals surface area contributed by atoms with Crippen LogP contribution in [0.25, 0.3) is 0 Å². The van der Waals surface area contributed by atoms with Gasteiger partial charge in [-0.05, 0) is 30.2 Å². The van der Waals surface area contributed by atoms with Gasteiger partial charge in [-0.2, -0.15) is 0 Å². The summed E-state index contributed by atoms with van der Waals surface area (Å²) in [4.78, 5) is 16.8. The van der Waals surface area contributed by atoms with E-state index in [-0.39, 0.29) is 11.8 Å². The zero-order valence-electron chi connectivity index (χ0n) is 12.1. The van der Waals surface area contributed by atoms with Gasteiger partial charge in [0, 0.05) is 18.8 Å². The van der Waals surface area contributed by atoms with Gasteiger partial charge in [0.2, 0.25) is 5.91 Å². The molecule has 1 amide bonds. The van der Waals surface area contributed by atoms with Gasteiger partial charge in [-0.1, -0.05) is 30.3 Å². The van der Waals surface area contributed by atoms with Crippen molar-refractivity contribution in [2.24, 2.45) is 0 Å². The summed E-state index contributed by atoms with van der Waals surface area (Å²) in [5, 5.41) is 6.30. The summed E-state index contributed by atoms with van der Waals surface area (Å²) in [6, 6.07) is 14.0. The van der Waals surface area contributed by atoms with Crippen LogP contribution in [0.5, 0.6) is 0 Å². The normalized spacial score (nSPS) is 17.1. The number of aromatic nitrogens is 1. The lowest BCUT2D eigenvalue weighted by molar-refractivity contribution is -0.122. The molecule has 0 saturated carbocycles. The van der Waals surface area contributed by atoms with E-state index in [2.05, 4.69) is 21.7 Å². The number of hydrogen-bond acceptors (Lipinski definition) is 3. The molecule has 3 rings (SSSR count). The molecule has 1 aromatic heterocycles. The average Bonchev–Trinajstić information content (AvgIpc) is 2.52. The van der Waals surface area contributed by atoms with Crippen LogP contribution in [0.2, 0.25) is 0 Å². The Bertz CT molecular complexity index is 654. The highest BCUT2D eigenvalue weighted by Crippen LogP contribution is 2.23. The second-order valence-electron chi connectivity index (χ2n) is 5.37. The Morgan fingerprint density at radius 3 is 3.00 bits per heavy atom. The number of nitrogens with zero attached hydrogens (tertiary/aromatic N) is 1. The molecule has 0 aliphatic carbocycles. The Morgan fingerprint density at radius 1 is 1.29 bits per heavy atom. The summed E-state index contributed by atoms with van der Waals surface area (Å²) in [6.07, 6.45) is 0. The maximum absolute atomic E-state index is 12.4. The van der Waals surface area contributed by atoms with Gasteiger partial charge in [-0.3, -0.25) is 9.78 Å². The minimum Gasteiger partial charge on any atom is -0.350 e. The lowest BCUT2D eigenvalue weighted by Gasteiger charge is -2.25. The third kappa shape index (κ3) is 3.11. The van der Waals surface area contributed by atoms with Crippen molar-refractivity contribution in [1.82, 2.24) is 15.6 Å². The van der Waals surface area contributed by atoms with Crippen LogP contribution in [0, 0.1) is 6.92 Å². The molecule has 4 nitrogen and oxygen atoms in total. The van der Waals surface area contributed by atoms with E-state index in [1.165, 1.54) is 5.56 Å². The monoisotopic (exact) mass is 281 g/mol. The van der Waals surface area contributed by atoms with Crippen molar-refractivity contribution in [3.05, 3.63) is 65.0 Å². The molecule has 0 spiro atoms. The zero-order chi connectivity index (χ0) is 14.7. The highest BCUT2D eigenvalue weighted by atomic mass is 16.1. The van der Waals surface area contributed by atoms with E-state index in [0.29, 0.717) is 13.1 Å². The van der Waals surface area contributed by atoms with Gasteiger partial charge in [0.05, 0.1) is 18.2 Å². The summed E-state index contributed by atoms with van der Waals surface area (Å²) >= 11 is 0. The Kier molecular flexibility index (Phi) is 3.97. The van der Waals surface area contributed by atoms with E-state index in [9.17, 15) is 4.79 Å². The summed E-state index contributed by atoms with van der Waals surface area (Å²) in [5.41, 5.74) is 4.19. The van der Waals surface area contributed by atoms with Gasteiger partial charge in [0.15, 0.2) is 0 Å². The van der Waals surface area contributed by atoms with Crippen LogP contribution in [0.4, 0.5) is 0 Å². The summed E-state index contributed by atoms with van der Waals surface area (Å²) in [5.74, 6) is -0.0716. The van der Waals surface area contributed by atoms with E-state index >= 15 is 0 Å². The maximum Gasteiger partial charge on any atom is 0.229 e. The molecule has 1 aromatic carbocycles. The lowest BCUT2D eigenvalue weighted by atomic mass is 9.90. The third-order valence-corrected chi connectivity index (χ3v) is 3.80. The Balaban J connectivity index is 1.69. The molecule has 108 valence electrons. The molecular formula is C17H19N3O. The SMILES string of the molecule is Cc1cccc(CNC(=O)C2CNCc3ccccc32)n1. The summed E-state index contributed by atoms with van der Waals surface area (Å²) < 4.78 is 0. The molecule has 0 bridgehead atoms. The lowest BCUT2D eigenvalue weighted by Crippen LogP contribution is -2.38. The molecule has 1 aliphatic heterocycles. The van der Waals surface area contributed by atoms with Crippen molar-refractivity contribution < 1.29 is 4.79 Å². The minimum atomic E-state index is -0.125. The van der Waals surface area contributed by atoms with Crippen LogP contribution < -0.4 is 10.6 Å². The molecule has 0 radical (unpaired) electrons. The van der Waals surface area contributed by atoms with Gasteiger partial charge in [0.25, 0.3) is 0 Å².